The lowest BCUT2D eigenvalue weighted by molar-refractivity contribution is -0.138. The maximum absolute atomic E-state index is 10.4. The van der Waals surface area contributed by atoms with E-state index in [1.807, 2.05) is 0 Å². The van der Waals surface area contributed by atoms with Crippen molar-refractivity contribution in [1.29, 1.82) is 0 Å². The van der Waals surface area contributed by atoms with E-state index in [1.165, 1.54) is 0 Å². The highest BCUT2D eigenvalue weighted by atomic mass is 79.9. The summed E-state index contributed by atoms with van der Waals surface area (Å²) in [4.78, 5) is 9.83. The quantitative estimate of drug-likeness (QED) is 0.690. The van der Waals surface area contributed by atoms with Crippen molar-refractivity contribution in [2.75, 3.05) is 6.61 Å². The zero-order valence-electron chi connectivity index (χ0n) is 5.42. The number of ether oxygens (including phenoxy) is 1. The van der Waals surface area contributed by atoms with E-state index in [9.17, 15) is 4.79 Å². The van der Waals surface area contributed by atoms with Gasteiger partial charge in [0.15, 0.2) is 0 Å². The first-order valence-corrected chi connectivity index (χ1v) is 4.12. The summed E-state index contributed by atoms with van der Waals surface area (Å²) < 4.78 is 5.15. The van der Waals surface area contributed by atoms with Gasteiger partial charge in [-0.3, -0.25) is 4.79 Å². The minimum absolute atomic E-state index is 0.127. The predicted molar refractivity (Wildman–Crippen MR) is 39.3 cm³/mol. The zero-order valence-corrected chi connectivity index (χ0v) is 7.00. The van der Waals surface area contributed by atoms with Gasteiger partial charge in [0, 0.05) is 6.61 Å². The molecule has 10 heavy (non-hydrogen) atoms. The van der Waals surface area contributed by atoms with Crippen LogP contribution in [0.15, 0.2) is 0 Å². The third-order valence-corrected chi connectivity index (χ3v) is 2.51. The number of aliphatic carboxylic acids is 1. The number of rotatable bonds is 2. The maximum atomic E-state index is 10.4. The van der Waals surface area contributed by atoms with Crippen molar-refractivity contribution in [2.24, 2.45) is 0 Å². The lowest BCUT2D eigenvalue weighted by Crippen LogP contribution is -2.27. The molecule has 58 valence electrons. The highest BCUT2D eigenvalue weighted by Gasteiger charge is 2.28. The van der Waals surface area contributed by atoms with Gasteiger partial charge in [0.2, 0.25) is 0 Å². The van der Waals surface area contributed by atoms with Crippen LogP contribution in [0.2, 0.25) is 0 Å². The maximum Gasteiger partial charge on any atom is 0.319 e. The molecule has 0 aromatic carbocycles. The summed E-state index contributed by atoms with van der Waals surface area (Å²) in [6, 6.07) is 0. The molecule has 4 heteroatoms. The Morgan fingerprint density at radius 3 is 2.90 bits per heavy atom. The van der Waals surface area contributed by atoms with Crippen LogP contribution in [0.1, 0.15) is 12.8 Å². The number of alkyl halides is 1. The molecule has 1 rings (SSSR count). The van der Waals surface area contributed by atoms with Crippen molar-refractivity contribution < 1.29 is 14.6 Å². The molecule has 2 unspecified atom stereocenters. The smallest absolute Gasteiger partial charge is 0.319 e. The average molecular weight is 209 g/mol. The number of hydrogen-bond acceptors (Lipinski definition) is 2. The Hall–Kier alpha value is -0.0900. The number of carboxylic acid groups (broad SMARTS) is 1. The normalized spacial score (nSPS) is 28.3. The average Bonchev–Trinajstić information content (AvgIpc) is 2.36. The molecule has 1 saturated heterocycles. The van der Waals surface area contributed by atoms with Crippen molar-refractivity contribution in [1.82, 2.24) is 0 Å². The molecular weight excluding hydrogens is 200 g/mol. The largest absolute Gasteiger partial charge is 0.480 e. The summed E-state index contributed by atoms with van der Waals surface area (Å²) in [5, 5.41) is 8.52. The van der Waals surface area contributed by atoms with Gasteiger partial charge in [0.1, 0.15) is 4.83 Å². The third-order valence-electron chi connectivity index (χ3n) is 1.53. The van der Waals surface area contributed by atoms with Gasteiger partial charge < -0.3 is 9.84 Å². The lowest BCUT2D eigenvalue weighted by Gasteiger charge is -2.11. The Bertz CT molecular complexity index is 131. The van der Waals surface area contributed by atoms with Crippen molar-refractivity contribution in [3.63, 3.8) is 0 Å². The van der Waals surface area contributed by atoms with E-state index in [0.29, 0.717) is 6.61 Å². The Labute approximate surface area is 67.5 Å². The summed E-state index contributed by atoms with van der Waals surface area (Å²) in [7, 11) is 0. The summed E-state index contributed by atoms with van der Waals surface area (Å²) >= 11 is 3.04. The molecule has 0 bridgehead atoms. The van der Waals surface area contributed by atoms with Crippen LogP contribution in [0.3, 0.4) is 0 Å². The Morgan fingerprint density at radius 2 is 2.50 bits per heavy atom. The van der Waals surface area contributed by atoms with Crippen molar-refractivity contribution in [2.45, 2.75) is 23.8 Å². The fraction of sp³-hybridized carbons (Fsp3) is 0.833. The van der Waals surface area contributed by atoms with Gasteiger partial charge in [-0.25, -0.2) is 0 Å². The van der Waals surface area contributed by atoms with Crippen LogP contribution in [-0.2, 0) is 9.53 Å². The molecule has 0 aromatic rings. The third kappa shape index (κ3) is 1.70. The molecule has 2 atom stereocenters. The van der Waals surface area contributed by atoms with Crippen molar-refractivity contribution >= 4 is 21.9 Å². The van der Waals surface area contributed by atoms with E-state index in [1.54, 1.807) is 0 Å². The van der Waals surface area contributed by atoms with E-state index >= 15 is 0 Å². The Balaban J connectivity index is 2.39. The first-order valence-electron chi connectivity index (χ1n) is 3.20. The molecule has 0 saturated carbocycles. The molecular formula is C6H9BrO3. The monoisotopic (exact) mass is 208 g/mol. The minimum atomic E-state index is -0.841. The van der Waals surface area contributed by atoms with Gasteiger partial charge >= 0.3 is 5.97 Å². The summed E-state index contributed by atoms with van der Waals surface area (Å²) in [6.45, 7) is 0.694. The topological polar surface area (TPSA) is 46.5 Å². The fourth-order valence-electron chi connectivity index (χ4n) is 0.992. The molecule has 1 heterocycles. The van der Waals surface area contributed by atoms with E-state index in [4.69, 9.17) is 9.84 Å². The van der Waals surface area contributed by atoms with Crippen LogP contribution in [0.4, 0.5) is 0 Å². The van der Waals surface area contributed by atoms with Crippen LogP contribution >= 0.6 is 15.9 Å². The van der Waals surface area contributed by atoms with E-state index in [-0.39, 0.29) is 6.10 Å². The van der Waals surface area contributed by atoms with Crippen LogP contribution in [0.25, 0.3) is 0 Å². The predicted octanol–water partition coefficient (Wildman–Crippen LogP) is 1.01. The second-order valence-electron chi connectivity index (χ2n) is 2.29. The molecule has 1 aliphatic rings. The molecule has 3 nitrogen and oxygen atoms in total. The number of carboxylic acids is 1. The number of carbonyl (C=O) groups is 1. The highest BCUT2D eigenvalue weighted by molar-refractivity contribution is 9.10. The van der Waals surface area contributed by atoms with E-state index in [2.05, 4.69) is 15.9 Å². The molecule has 0 aromatic heterocycles. The SMILES string of the molecule is O=C(O)C(Br)C1CCCO1. The number of halogens is 1. The molecule has 0 spiro atoms. The zero-order chi connectivity index (χ0) is 7.56. The summed E-state index contributed by atoms with van der Waals surface area (Å²) in [6.07, 6.45) is 1.69. The standard InChI is InChI=1S/C6H9BrO3/c7-5(6(8)9)4-2-1-3-10-4/h4-5H,1-3H2,(H,8,9). The second kappa shape index (κ2) is 3.34. The van der Waals surface area contributed by atoms with Crippen LogP contribution in [-0.4, -0.2) is 28.6 Å². The van der Waals surface area contributed by atoms with Gasteiger partial charge in [0.05, 0.1) is 6.10 Å². The van der Waals surface area contributed by atoms with Gasteiger partial charge in [-0.05, 0) is 12.8 Å². The highest BCUT2D eigenvalue weighted by Crippen LogP contribution is 2.20. The fourth-order valence-corrected chi connectivity index (χ4v) is 1.41. The molecule has 1 aliphatic heterocycles. The molecule has 1 N–H and O–H groups in total. The molecule has 0 amide bonds. The first-order chi connectivity index (χ1) is 4.72. The van der Waals surface area contributed by atoms with Crippen LogP contribution in [0.5, 0.6) is 0 Å². The number of hydrogen-bond donors (Lipinski definition) is 1. The molecule has 0 aliphatic carbocycles. The first kappa shape index (κ1) is 8.01. The van der Waals surface area contributed by atoms with Crippen LogP contribution in [0, 0.1) is 0 Å². The van der Waals surface area contributed by atoms with Gasteiger partial charge in [-0.2, -0.15) is 0 Å². The molecule has 1 fully saturated rings. The van der Waals surface area contributed by atoms with Gasteiger partial charge in [0.25, 0.3) is 0 Å². The Morgan fingerprint density at radius 1 is 1.80 bits per heavy atom. The van der Waals surface area contributed by atoms with E-state index < -0.39 is 10.8 Å². The van der Waals surface area contributed by atoms with Gasteiger partial charge in [-0.1, -0.05) is 15.9 Å². The van der Waals surface area contributed by atoms with Crippen molar-refractivity contribution in [3.05, 3.63) is 0 Å². The summed E-state index contributed by atoms with van der Waals surface area (Å²) in [5.74, 6) is -0.841. The van der Waals surface area contributed by atoms with Crippen LogP contribution < -0.4 is 0 Å². The Kier molecular flexibility index (Phi) is 2.68. The second-order valence-corrected chi connectivity index (χ2v) is 3.28. The minimum Gasteiger partial charge on any atom is -0.480 e. The summed E-state index contributed by atoms with van der Waals surface area (Å²) in [5.41, 5.74) is 0. The van der Waals surface area contributed by atoms with Crippen molar-refractivity contribution in [3.8, 4) is 0 Å². The molecule has 0 radical (unpaired) electrons. The lowest BCUT2D eigenvalue weighted by atomic mass is 10.2. The van der Waals surface area contributed by atoms with E-state index in [0.717, 1.165) is 12.8 Å². The van der Waals surface area contributed by atoms with Gasteiger partial charge in [-0.15, -0.1) is 0 Å².